The second kappa shape index (κ2) is 22.5. The van der Waals surface area contributed by atoms with Crippen LogP contribution in [0.3, 0.4) is 0 Å². The largest absolute Gasteiger partial charge is 0.326 e. The normalized spacial score (nSPS) is 7.92. The number of hydrogen-bond donors (Lipinski definition) is 2. The van der Waals surface area contributed by atoms with Crippen LogP contribution in [-0.4, -0.2) is 9.79 Å². The Kier molecular flexibility index (Phi) is 33.8. The molecule has 0 radical (unpaired) electrons. The van der Waals surface area contributed by atoms with Gasteiger partial charge < -0.3 is 9.79 Å². The molecule has 0 saturated heterocycles. The van der Waals surface area contributed by atoms with Crippen LogP contribution in [0.4, 0.5) is 0 Å². The molecule has 0 bridgehead atoms. The molecule has 0 fully saturated rings. The van der Waals surface area contributed by atoms with E-state index in [1.54, 1.807) is 0 Å². The molecule has 0 atom stereocenters. The Labute approximate surface area is 76.8 Å². The van der Waals surface area contributed by atoms with Gasteiger partial charge in [0.15, 0.2) is 0 Å². The van der Waals surface area contributed by atoms with Crippen LogP contribution in [-0.2, 0) is 4.57 Å². The zero-order valence-corrected chi connectivity index (χ0v) is 9.63. The summed E-state index contributed by atoms with van der Waals surface area (Å²) >= 11 is 0. The first-order valence-electron chi connectivity index (χ1n) is 4.48. The van der Waals surface area contributed by atoms with Crippen molar-refractivity contribution >= 4 is 8.25 Å². The van der Waals surface area contributed by atoms with Crippen molar-refractivity contribution in [1.29, 1.82) is 0 Å². The first-order chi connectivity index (χ1) is 5.56. The van der Waals surface area contributed by atoms with E-state index in [2.05, 4.69) is 27.7 Å². The standard InChI is InChI=1S/2C4H10.H3O3P/c2*1-3-4-2;1-4(2)3/h2*3-4H2,1-2H3;4H,(H2,1,2,3). The molecule has 0 saturated carbocycles. The average molecular weight is 198 g/mol. The maximum Gasteiger partial charge on any atom is 0.314 e. The Morgan fingerprint density at radius 1 is 0.833 bits per heavy atom. The fraction of sp³-hybridized carbons (Fsp3) is 1.00. The molecular weight excluding hydrogens is 175 g/mol. The third-order valence-corrected chi connectivity index (χ3v) is 1.000. The number of unbranched alkanes of at least 4 members (excludes halogenated alkanes) is 2. The quantitative estimate of drug-likeness (QED) is 0.670. The molecule has 0 heterocycles. The first-order valence-corrected chi connectivity index (χ1v) is 5.78. The lowest BCUT2D eigenvalue weighted by Crippen LogP contribution is -1.47. The summed E-state index contributed by atoms with van der Waals surface area (Å²) in [5, 5.41) is 0. The Morgan fingerprint density at radius 2 is 0.917 bits per heavy atom. The van der Waals surface area contributed by atoms with Crippen LogP contribution in [0.2, 0.25) is 0 Å². The molecule has 0 spiro atoms. The smallest absolute Gasteiger partial charge is 0.314 e. The highest BCUT2D eigenvalue weighted by Gasteiger charge is 1.61. The second-order valence-electron chi connectivity index (χ2n) is 2.28. The Morgan fingerprint density at radius 3 is 0.917 bits per heavy atom. The minimum Gasteiger partial charge on any atom is -0.326 e. The zero-order chi connectivity index (χ0) is 10.4. The van der Waals surface area contributed by atoms with Gasteiger partial charge in [0.25, 0.3) is 0 Å². The van der Waals surface area contributed by atoms with Crippen molar-refractivity contribution in [1.82, 2.24) is 0 Å². The minimum absolute atomic E-state index is 1.32. The number of hydrogen-bond acceptors (Lipinski definition) is 1. The predicted molar refractivity (Wildman–Crippen MR) is 54.6 cm³/mol. The van der Waals surface area contributed by atoms with Crippen molar-refractivity contribution in [2.75, 3.05) is 0 Å². The van der Waals surface area contributed by atoms with Gasteiger partial charge in [-0.2, -0.15) is 0 Å². The van der Waals surface area contributed by atoms with Crippen molar-refractivity contribution in [3.05, 3.63) is 0 Å². The maximum absolute atomic E-state index is 8.74. The highest BCUT2D eigenvalue weighted by Crippen LogP contribution is 1.98. The van der Waals surface area contributed by atoms with Crippen LogP contribution in [0, 0.1) is 0 Å². The van der Waals surface area contributed by atoms with Gasteiger partial charge in [-0.15, -0.1) is 0 Å². The fourth-order valence-electron chi connectivity index (χ4n) is 0. The molecular formula is C8H23O3P. The third kappa shape index (κ3) is 184. The molecule has 12 heavy (non-hydrogen) atoms. The van der Waals surface area contributed by atoms with Gasteiger partial charge >= 0.3 is 8.25 Å². The lowest BCUT2D eigenvalue weighted by molar-refractivity contribution is 0.405. The molecule has 0 amide bonds. The molecule has 3 nitrogen and oxygen atoms in total. The third-order valence-electron chi connectivity index (χ3n) is 1.000. The van der Waals surface area contributed by atoms with E-state index in [1.165, 1.54) is 25.7 Å². The summed E-state index contributed by atoms with van der Waals surface area (Å²) in [6.45, 7) is 8.72. The van der Waals surface area contributed by atoms with Gasteiger partial charge in [-0.05, 0) is 0 Å². The molecule has 0 aliphatic rings. The van der Waals surface area contributed by atoms with E-state index in [0.29, 0.717) is 0 Å². The Hall–Kier alpha value is 0.150. The van der Waals surface area contributed by atoms with Crippen LogP contribution in [0.5, 0.6) is 0 Å². The van der Waals surface area contributed by atoms with Crippen molar-refractivity contribution in [3.8, 4) is 0 Å². The molecule has 78 valence electrons. The summed E-state index contributed by atoms with van der Waals surface area (Å²) in [6.07, 6.45) is 5.28. The second-order valence-corrected chi connectivity index (χ2v) is 2.85. The van der Waals surface area contributed by atoms with Crippen LogP contribution in [0.1, 0.15) is 53.4 Å². The molecule has 0 aliphatic carbocycles. The summed E-state index contributed by atoms with van der Waals surface area (Å²) in [6, 6.07) is 0. The lowest BCUT2D eigenvalue weighted by atomic mass is 10.4. The van der Waals surface area contributed by atoms with Crippen molar-refractivity contribution in [3.63, 3.8) is 0 Å². The zero-order valence-electron chi connectivity index (χ0n) is 8.63. The summed E-state index contributed by atoms with van der Waals surface area (Å²) in [5.41, 5.74) is 0. The van der Waals surface area contributed by atoms with Crippen molar-refractivity contribution in [2.45, 2.75) is 53.4 Å². The topological polar surface area (TPSA) is 57.5 Å². The van der Waals surface area contributed by atoms with Gasteiger partial charge in [-0.25, -0.2) is 0 Å². The fourth-order valence-corrected chi connectivity index (χ4v) is 0. The monoisotopic (exact) mass is 198 g/mol. The summed E-state index contributed by atoms with van der Waals surface area (Å²) in [5.74, 6) is 0. The van der Waals surface area contributed by atoms with Gasteiger partial charge in [0.2, 0.25) is 0 Å². The summed E-state index contributed by atoms with van der Waals surface area (Å²) < 4.78 is 8.74. The van der Waals surface area contributed by atoms with Gasteiger partial charge in [-0.3, -0.25) is 4.57 Å². The molecule has 4 heteroatoms. The van der Waals surface area contributed by atoms with E-state index in [9.17, 15) is 0 Å². The SMILES string of the molecule is CCCC.CCCC.O=[PH](O)O. The molecule has 0 aromatic rings. The minimum atomic E-state index is -3.13. The number of rotatable bonds is 2. The van der Waals surface area contributed by atoms with Gasteiger partial charge in [-0.1, -0.05) is 53.4 Å². The van der Waals surface area contributed by atoms with E-state index in [0.717, 1.165) is 0 Å². The summed E-state index contributed by atoms with van der Waals surface area (Å²) in [4.78, 5) is 14.3. The van der Waals surface area contributed by atoms with Gasteiger partial charge in [0.1, 0.15) is 0 Å². The average Bonchev–Trinajstić information content (AvgIpc) is 2.03. The Balaban J connectivity index is -0.000000101. The summed E-state index contributed by atoms with van der Waals surface area (Å²) in [7, 11) is -3.13. The van der Waals surface area contributed by atoms with E-state index in [-0.39, 0.29) is 0 Å². The van der Waals surface area contributed by atoms with E-state index < -0.39 is 8.25 Å². The molecule has 0 rings (SSSR count). The Bertz CT molecular complexity index is 64.7. The maximum atomic E-state index is 8.74. The van der Waals surface area contributed by atoms with Crippen LogP contribution in [0.25, 0.3) is 0 Å². The van der Waals surface area contributed by atoms with Gasteiger partial charge in [0, 0.05) is 0 Å². The molecule has 0 aliphatic heterocycles. The highest BCUT2D eigenvalue weighted by atomic mass is 31.1. The highest BCUT2D eigenvalue weighted by molar-refractivity contribution is 7.30. The molecule has 0 aromatic heterocycles. The van der Waals surface area contributed by atoms with E-state index in [1.807, 2.05) is 0 Å². The van der Waals surface area contributed by atoms with Crippen LogP contribution < -0.4 is 0 Å². The molecule has 2 N–H and O–H groups in total. The lowest BCUT2D eigenvalue weighted by Gasteiger charge is -1.68. The van der Waals surface area contributed by atoms with E-state index in [4.69, 9.17) is 14.4 Å². The van der Waals surface area contributed by atoms with Crippen LogP contribution >= 0.6 is 8.25 Å². The molecule has 0 unspecified atom stereocenters. The van der Waals surface area contributed by atoms with Crippen LogP contribution in [0.15, 0.2) is 0 Å². The predicted octanol–water partition coefficient (Wildman–Crippen LogP) is 2.97. The van der Waals surface area contributed by atoms with Crippen molar-refractivity contribution < 1.29 is 14.4 Å². The van der Waals surface area contributed by atoms with Crippen molar-refractivity contribution in [2.24, 2.45) is 0 Å². The first kappa shape index (κ1) is 18.0. The van der Waals surface area contributed by atoms with Gasteiger partial charge in [0.05, 0.1) is 0 Å². The van der Waals surface area contributed by atoms with E-state index >= 15 is 0 Å². The molecule has 0 aromatic carbocycles.